The molecule has 0 bridgehead atoms. The van der Waals surface area contributed by atoms with E-state index in [2.05, 4.69) is 10.6 Å². The normalized spacial score (nSPS) is 22.0. The number of hydrogen-bond donors (Lipinski definition) is 2. The molecule has 1 aromatic rings. The van der Waals surface area contributed by atoms with Gasteiger partial charge in [0.25, 0.3) is 0 Å². The Labute approximate surface area is 140 Å². The number of carbonyl (C=O) groups excluding carboxylic acids is 1. The van der Waals surface area contributed by atoms with Crippen LogP contribution in [0.15, 0.2) is 18.2 Å². The van der Waals surface area contributed by atoms with Gasteiger partial charge in [-0.05, 0) is 37.8 Å². The molecule has 1 atom stereocenters. The second kappa shape index (κ2) is 8.02. The van der Waals surface area contributed by atoms with Gasteiger partial charge in [-0.3, -0.25) is 4.79 Å². The van der Waals surface area contributed by atoms with Crippen molar-refractivity contribution in [3.63, 3.8) is 0 Å². The van der Waals surface area contributed by atoms with Crippen molar-refractivity contribution in [2.24, 2.45) is 0 Å². The molecule has 1 aliphatic heterocycles. The summed E-state index contributed by atoms with van der Waals surface area (Å²) in [6.45, 7) is 0.935. The van der Waals surface area contributed by atoms with Gasteiger partial charge in [0.2, 0.25) is 5.91 Å². The predicted octanol–water partition coefficient (Wildman–Crippen LogP) is 3.18. The molecule has 23 heavy (non-hydrogen) atoms. The van der Waals surface area contributed by atoms with Crippen LogP contribution in [0.1, 0.15) is 32.1 Å². The second-order valence-electron chi connectivity index (χ2n) is 6.15. The van der Waals surface area contributed by atoms with E-state index in [1.807, 2.05) is 11.8 Å². The molecule has 0 spiro atoms. The zero-order valence-corrected chi connectivity index (χ0v) is 14.0. The lowest BCUT2D eigenvalue weighted by atomic mass is 10.2. The SMILES string of the molecule is O=C(CC1CSCCN1)Nc1ccc(OC2CCCC2)c(F)c1. The second-order valence-corrected chi connectivity index (χ2v) is 7.30. The summed E-state index contributed by atoms with van der Waals surface area (Å²) in [4.78, 5) is 12.0. The van der Waals surface area contributed by atoms with Gasteiger partial charge in [-0.15, -0.1) is 0 Å². The van der Waals surface area contributed by atoms with Gasteiger partial charge >= 0.3 is 0 Å². The summed E-state index contributed by atoms with van der Waals surface area (Å²) in [7, 11) is 0. The molecule has 6 heteroatoms. The standard InChI is InChI=1S/C17H23FN2O2S/c18-15-9-12(5-6-16(15)22-14-3-1-2-4-14)20-17(21)10-13-11-23-8-7-19-13/h5-6,9,13-14,19H,1-4,7-8,10-11H2,(H,20,21). The molecular weight excluding hydrogens is 315 g/mol. The molecule has 2 aliphatic rings. The third kappa shape index (κ3) is 4.85. The molecule has 0 radical (unpaired) electrons. The first-order valence-corrected chi connectivity index (χ1v) is 9.43. The van der Waals surface area contributed by atoms with Gasteiger partial charge in [0.05, 0.1) is 6.10 Å². The number of carbonyl (C=O) groups is 1. The molecule has 2 N–H and O–H groups in total. The third-order valence-electron chi connectivity index (χ3n) is 4.24. The fourth-order valence-electron chi connectivity index (χ4n) is 3.05. The number of hydrogen-bond acceptors (Lipinski definition) is 4. The van der Waals surface area contributed by atoms with Crippen molar-refractivity contribution >= 4 is 23.4 Å². The van der Waals surface area contributed by atoms with Gasteiger partial charge in [0.1, 0.15) is 0 Å². The van der Waals surface area contributed by atoms with Gasteiger partial charge in [-0.25, -0.2) is 4.39 Å². The molecule has 4 nitrogen and oxygen atoms in total. The van der Waals surface area contributed by atoms with E-state index in [1.54, 1.807) is 12.1 Å². The van der Waals surface area contributed by atoms with Crippen LogP contribution >= 0.6 is 11.8 Å². The van der Waals surface area contributed by atoms with E-state index in [0.717, 1.165) is 43.7 Å². The van der Waals surface area contributed by atoms with Crippen LogP contribution < -0.4 is 15.4 Å². The minimum Gasteiger partial charge on any atom is -0.487 e. The fraction of sp³-hybridized carbons (Fsp3) is 0.588. The van der Waals surface area contributed by atoms with E-state index in [1.165, 1.54) is 6.07 Å². The van der Waals surface area contributed by atoms with E-state index < -0.39 is 5.82 Å². The Hall–Kier alpha value is -1.27. The van der Waals surface area contributed by atoms with Crippen LogP contribution in [0.2, 0.25) is 0 Å². The molecule has 0 aromatic heterocycles. The molecular formula is C17H23FN2O2S. The molecule has 1 saturated carbocycles. The Morgan fingerprint density at radius 2 is 2.22 bits per heavy atom. The van der Waals surface area contributed by atoms with Gasteiger partial charge < -0.3 is 15.4 Å². The summed E-state index contributed by atoms with van der Waals surface area (Å²) in [5.41, 5.74) is 0.481. The van der Waals surface area contributed by atoms with E-state index in [-0.39, 0.29) is 23.8 Å². The van der Waals surface area contributed by atoms with Crippen molar-refractivity contribution in [3.8, 4) is 5.75 Å². The number of nitrogens with one attached hydrogen (secondary N) is 2. The number of halogens is 1. The molecule has 3 rings (SSSR count). The molecule has 1 heterocycles. The maximum Gasteiger partial charge on any atom is 0.225 e. The van der Waals surface area contributed by atoms with Crippen molar-refractivity contribution in [2.75, 3.05) is 23.4 Å². The minimum absolute atomic E-state index is 0.0890. The average molecular weight is 338 g/mol. The maximum atomic E-state index is 14.1. The van der Waals surface area contributed by atoms with Crippen LogP contribution in [0.4, 0.5) is 10.1 Å². The van der Waals surface area contributed by atoms with E-state index in [9.17, 15) is 9.18 Å². The highest BCUT2D eigenvalue weighted by atomic mass is 32.2. The lowest BCUT2D eigenvalue weighted by molar-refractivity contribution is -0.116. The Kier molecular flexibility index (Phi) is 5.78. The molecule has 1 aromatic carbocycles. The molecule has 1 amide bonds. The Bertz CT molecular complexity index is 543. The Morgan fingerprint density at radius 1 is 1.39 bits per heavy atom. The highest BCUT2D eigenvalue weighted by Gasteiger charge is 2.19. The first-order chi connectivity index (χ1) is 11.2. The summed E-state index contributed by atoms with van der Waals surface area (Å²) < 4.78 is 19.8. The van der Waals surface area contributed by atoms with Crippen LogP contribution in [0.25, 0.3) is 0 Å². The topological polar surface area (TPSA) is 50.4 Å². The van der Waals surface area contributed by atoms with Gasteiger partial charge in [-0.1, -0.05) is 0 Å². The van der Waals surface area contributed by atoms with Crippen LogP contribution in [0.5, 0.6) is 5.75 Å². The largest absolute Gasteiger partial charge is 0.487 e. The average Bonchev–Trinajstić information content (AvgIpc) is 3.04. The molecule has 126 valence electrons. The number of anilines is 1. The quantitative estimate of drug-likeness (QED) is 0.866. The molecule has 1 saturated heterocycles. The van der Waals surface area contributed by atoms with Crippen molar-refractivity contribution in [1.29, 1.82) is 0 Å². The summed E-state index contributed by atoms with van der Waals surface area (Å²) in [5.74, 6) is 1.80. The fourth-order valence-corrected chi connectivity index (χ4v) is 4.00. The van der Waals surface area contributed by atoms with E-state index >= 15 is 0 Å². The van der Waals surface area contributed by atoms with Gasteiger partial charge in [0, 0.05) is 42.3 Å². The number of rotatable bonds is 5. The Morgan fingerprint density at radius 3 is 2.91 bits per heavy atom. The molecule has 1 unspecified atom stereocenters. The van der Waals surface area contributed by atoms with Gasteiger partial charge in [0.15, 0.2) is 11.6 Å². The number of amides is 1. The van der Waals surface area contributed by atoms with Crippen molar-refractivity contribution in [3.05, 3.63) is 24.0 Å². The molecule has 1 aliphatic carbocycles. The van der Waals surface area contributed by atoms with E-state index in [0.29, 0.717) is 12.1 Å². The Balaban J connectivity index is 1.53. The predicted molar refractivity (Wildman–Crippen MR) is 91.6 cm³/mol. The van der Waals surface area contributed by atoms with Crippen molar-refractivity contribution in [1.82, 2.24) is 5.32 Å². The number of thioether (sulfide) groups is 1. The maximum absolute atomic E-state index is 14.1. The first kappa shape index (κ1) is 16.6. The monoisotopic (exact) mass is 338 g/mol. The highest BCUT2D eigenvalue weighted by molar-refractivity contribution is 7.99. The van der Waals surface area contributed by atoms with Gasteiger partial charge in [-0.2, -0.15) is 11.8 Å². The summed E-state index contributed by atoms with van der Waals surface area (Å²) in [5, 5.41) is 6.09. The summed E-state index contributed by atoms with van der Waals surface area (Å²) >= 11 is 1.85. The van der Waals surface area contributed by atoms with Crippen LogP contribution in [-0.4, -0.2) is 36.1 Å². The molecule has 2 fully saturated rings. The summed E-state index contributed by atoms with van der Waals surface area (Å²) in [6, 6.07) is 4.85. The lowest BCUT2D eigenvalue weighted by Gasteiger charge is -2.22. The zero-order chi connectivity index (χ0) is 16.1. The highest BCUT2D eigenvalue weighted by Crippen LogP contribution is 2.27. The number of ether oxygens (including phenoxy) is 1. The van der Waals surface area contributed by atoms with Crippen LogP contribution in [0.3, 0.4) is 0 Å². The van der Waals surface area contributed by atoms with Crippen LogP contribution in [-0.2, 0) is 4.79 Å². The smallest absolute Gasteiger partial charge is 0.225 e. The van der Waals surface area contributed by atoms with E-state index in [4.69, 9.17) is 4.74 Å². The minimum atomic E-state index is -0.416. The summed E-state index contributed by atoms with van der Waals surface area (Å²) in [6.07, 6.45) is 4.81. The zero-order valence-electron chi connectivity index (χ0n) is 13.1. The van der Waals surface area contributed by atoms with Crippen molar-refractivity contribution < 1.29 is 13.9 Å². The third-order valence-corrected chi connectivity index (χ3v) is 5.37. The van der Waals surface area contributed by atoms with Crippen molar-refractivity contribution in [2.45, 2.75) is 44.2 Å². The number of benzene rings is 1. The lowest BCUT2D eigenvalue weighted by Crippen LogP contribution is -2.39. The first-order valence-electron chi connectivity index (χ1n) is 8.28. The van der Waals surface area contributed by atoms with Crippen LogP contribution in [0, 0.1) is 5.82 Å².